The van der Waals surface area contributed by atoms with Gasteiger partial charge in [0, 0.05) is 17.8 Å². The van der Waals surface area contributed by atoms with E-state index < -0.39 is 0 Å². The highest BCUT2D eigenvalue weighted by atomic mass is 16.2. The van der Waals surface area contributed by atoms with Gasteiger partial charge in [-0.1, -0.05) is 61.7 Å². The molecule has 2 heteroatoms. The predicted octanol–water partition coefficient (Wildman–Crippen LogP) is 5.10. The van der Waals surface area contributed by atoms with Crippen molar-refractivity contribution in [2.75, 3.05) is 0 Å². The third-order valence-electron chi connectivity index (χ3n) is 4.65. The highest BCUT2D eigenvalue weighted by Crippen LogP contribution is 2.28. The molecule has 1 amide bonds. The Hall–Kier alpha value is -2.09. The first-order valence-electron chi connectivity index (χ1n) is 8.77. The molecule has 0 aromatic heterocycles. The minimum absolute atomic E-state index is 0.110. The molecule has 0 spiro atoms. The van der Waals surface area contributed by atoms with Crippen LogP contribution in [0.4, 0.5) is 0 Å². The molecule has 1 saturated carbocycles. The van der Waals surface area contributed by atoms with Crippen LogP contribution in [0.15, 0.2) is 60.3 Å². The lowest BCUT2D eigenvalue weighted by Crippen LogP contribution is -2.39. The summed E-state index contributed by atoms with van der Waals surface area (Å²) in [6.45, 7) is 0. The van der Waals surface area contributed by atoms with Crippen LogP contribution in [-0.2, 0) is 4.79 Å². The molecule has 0 aliphatic heterocycles. The first-order valence-corrected chi connectivity index (χ1v) is 8.77. The summed E-state index contributed by atoms with van der Waals surface area (Å²) < 4.78 is 0. The summed E-state index contributed by atoms with van der Waals surface area (Å²) in [5, 5.41) is 0. The van der Waals surface area contributed by atoms with Crippen molar-refractivity contribution in [3.05, 3.63) is 65.9 Å². The molecule has 0 N–H and O–H groups in total. The van der Waals surface area contributed by atoms with Gasteiger partial charge in [0.05, 0.1) is 0 Å². The summed E-state index contributed by atoms with van der Waals surface area (Å²) in [6, 6.07) is 10.4. The Morgan fingerprint density at radius 3 is 2.52 bits per heavy atom. The number of benzene rings is 1. The highest BCUT2D eigenvalue weighted by Gasteiger charge is 2.26. The van der Waals surface area contributed by atoms with Crippen molar-refractivity contribution in [3.8, 4) is 0 Å². The van der Waals surface area contributed by atoms with E-state index in [2.05, 4.69) is 18.2 Å². The second kappa shape index (κ2) is 7.96. The average molecular weight is 307 g/mol. The molecule has 2 nitrogen and oxygen atoms in total. The van der Waals surface area contributed by atoms with E-state index in [0.717, 1.165) is 36.9 Å². The van der Waals surface area contributed by atoms with Crippen molar-refractivity contribution in [3.63, 3.8) is 0 Å². The standard InChI is InChI=1S/C21H25NO/c23-21(17-16-18-10-4-1-5-11-18)22(19-12-6-2-7-13-19)20-14-8-3-9-15-20/h1,4-6,10-13,16-17,20H,2-3,7-9,14-15H2/b17-16+. The Morgan fingerprint density at radius 2 is 1.83 bits per heavy atom. The van der Waals surface area contributed by atoms with Crippen LogP contribution in [0.3, 0.4) is 0 Å². The maximum atomic E-state index is 12.9. The molecule has 23 heavy (non-hydrogen) atoms. The van der Waals surface area contributed by atoms with Gasteiger partial charge in [-0.25, -0.2) is 0 Å². The van der Waals surface area contributed by atoms with E-state index in [-0.39, 0.29) is 5.91 Å². The lowest BCUT2D eigenvalue weighted by molar-refractivity contribution is -0.126. The van der Waals surface area contributed by atoms with Gasteiger partial charge in [-0.3, -0.25) is 4.79 Å². The van der Waals surface area contributed by atoms with Crippen molar-refractivity contribution < 1.29 is 4.79 Å². The molecule has 0 unspecified atom stereocenters. The van der Waals surface area contributed by atoms with Crippen LogP contribution in [0.1, 0.15) is 50.5 Å². The maximum absolute atomic E-state index is 12.9. The summed E-state index contributed by atoms with van der Waals surface area (Å²) in [6.07, 6.45) is 18.3. The van der Waals surface area contributed by atoms with Crippen molar-refractivity contribution in [2.45, 2.75) is 51.0 Å². The number of allylic oxidation sites excluding steroid dienone is 3. The van der Waals surface area contributed by atoms with E-state index >= 15 is 0 Å². The summed E-state index contributed by atoms with van der Waals surface area (Å²) in [7, 11) is 0. The molecule has 1 aromatic carbocycles. The van der Waals surface area contributed by atoms with E-state index in [1.807, 2.05) is 41.3 Å². The summed E-state index contributed by atoms with van der Waals surface area (Å²) in [5.41, 5.74) is 2.16. The zero-order chi connectivity index (χ0) is 15.9. The zero-order valence-electron chi connectivity index (χ0n) is 13.7. The van der Waals surface area contributed by atoms with Crippen LogP contribution in [0, 0.1) is 0 Å². The van der Waals surface area contributed by atoms with Gasteiger partial charge in [0.1, 0.15) is 0 Å². The van der Waals surface area contributed by atoms with Crippen molar-refractivity contribution in [1.82, 2.24) is 4.90 Å². The number of carbonyl (C=O) groups excluding carboxylic acids is 1. The van der Waals surface area contributed by atoms with Gasteiger partial charge in [-0.2, -0.15) is 0 Å². The summed E-state index contributed by atoms with van der Waals surface area (Å²) in [4.78, 5) is 14.9. The SMILES string of the molecule is O=C(/C=C/c1ccccc1)N(C1=CCCC=C1)C1CCCCC1. The van der Waals surface area contributed by atoms with Crippen LogP contribution in [0.25, 0.3) is 6.08 Å². The van der Waals surface area contributed by atoms with Gasteiger partial charge in [-0.15, -0.1) is 0 Å². The summed E-state index contributed by atoms with van der Waals surface area (Å²) in [5.74, 6) is 0.110. The van der Waals surface area contributed by atoms with E-state index in [0.29, 0.717) is 6.04 Å². The zero-order valence-corrected chi connectivity index (χ0v) is 13.7. The lowest BCUT2D eigenvalue weighted by atomic mass is 9.93. The molecule has 0 saturated heterocycles. The number of amides is 1. The van der Waals surface area contributed by atoms with Gasteiger partial charge in [0.25, 0.3) is 5.91 Å². The second-order valence-corrected chi connectivity index (χ2v) is 6.35. The topological polar surface area (TPSA) is 20.3 Å². The second-order valence-electron chi connectivity index (χ2n) is 6.35. The van der Waals surface area contributed by atoms with Crippen LogP contribution < -0.4 is 0 Å². The third kappa shape index (κ3) is 4.22. The molecule has 0 radical (unpaired) electrons. The smallest absolute Gasteiger partial charge is 0.251 e. The van der Waals surface area contributed by atoms with Gasteiger partial charge < -0.3 is 4.90 Å². The highest BCUT2D eigenvalue weighted by molar-refractivity contribution is 5.93. The normalized spacial score (nSPS) is 18.9. The molecule has 120 valence electrons. The number of nitrogens with zero attached hydrogens (tertiary/aromatic N) is 1. The fraction of sp³-hybridized carbons (Fsp3) is 0.381. The van der Waals surface area contributed by atoms with E-state index in [1.54, 1.807) is 6.08 Å². The van der Waals surface area contributed by atoms with Gasteiger partial charge in [-0.05, 0) is 43.4 Å². The Balaban J connectivity index is 1.79. The van der Waals surface area contributed by atoms with Gasteiger partial charge in [0.2, 0.25) is 0 Å². The molecular weight excluding hydrogens is 282 g/mol. The lowest BCUT2D eigenvalue weighted by Gasteiger charge is -2.35. The molecule has 0 bridgehead atoms. The average Bonchev–Trinajstić information content (AvgIpc) is 2.63. The maximum Gasteiger partial charge on any atom is 0.251 e. The fourth-order valence-electron chi connectivity index (χ4n) is 3.45. The first-order chi connectivity index (χ1) is 11.3. The Bertz CT molecular complexity index is 606. The van der Waals surface area contributed by atoms with E-state index in [9.17, 15) is 4.79 Å². The predicted molar refractivity (Wildman–Crippen MR) is 95.7 cm³/mol. The van der Waals surface area contributed by atoms with E-state index in [4.69, 9.17) is 0 Å². The van der Waals surface area contributed by atoms with Crippen LogP contribution in [0.2, 0.25) is 0 Å². The number of hydrogen-bond acceptors (Lipinski definition) is 1. The monoisotopic (exact) mass is 307 g/mol. The Labute approximate surface area is 139 Å². The molecule has 0 heterocycles. The largest absolute Gasteiger partial charge is 0.306 e. The molecule has 2 aliphatic rings. The van der Waals surface area contributed by atoms with Crippen LogP contribution in [-0.4, -0.2) is 16.8 Å². The minimum atomic E-state index is 0.110. The molecule has 0 atom stereocenters. The molecule has 3 rings (SSSR count). The number of carbonyl (C=O) groups is 1. The Morgan fingerprint density at radius 1 is 1.04 bits per heavy atom. The number of rotatable bonds is 4. The fourth-order valence-corrected chi connectivity index (χ4v) is 3.45. The molecule has 2 aliphatic carbocycles. The first kappa shape index (κ1) is 15.8. The third-order valence-corrected chi connectivity index (χ3v) is 4.65. The minimum Gasteiger partial charge on any atom is -0.306 e. The Kier molecular flexibility index (Phi) is 5.46. The number of hydrogen-bond donors (Lipinski definition) is 0. The van der Waals surface area contributed by atoms with Gasteiger partial charge >= 0.3 is 0 Å². The molecule has 1 fully saturated rings. The van der Waals surface area contributed by atoms with E-state index in [1.165, 1.54) is 19.3 Å². The summed E-state index contributed by atoms with van der Waals surface area (Å²) >= 11 is 0. The quantitative estimate of drug-likeness (QED) is 0.709. The molecular formula is C21H25NO. The van der Waals surface area contributed by atoms with Crippen LogP contribution in [0.5, 0.6) is 0 Å². The van der Waals surface area contributed by atoms with Crippen molar-refractivity contribution in [1.29, 1.82) is 0 Å². The van der Waals surface area contributed by atoms with Gasteiger partial charge in [0.15, 0.2) is 0 Å². The van der Waals surface area contributed by atoms with Crippen LogP contribution >= 0.6 is 0 Å². The van der Waals surface area contributed by atoms with Crippen molar-refractivity contribution >= 4 is 12.0 Å². The molecule has 1 aromatic rings. The van der Waals surface area contributed by atoms with Crippen molar-refractivity contribution in [2.24, 2.45) is 0 Å².